The first-order chi connectivity index (χ1) is 11.0. The Morgan fingerprint density at radius 2 is 1.92 bits per heavy atom. The van der Waals surface area contributed by atoms with Crippen LogP contribution in [0, 0.1) is 0 Å². The van der Waals surface area contributed by atoms with Crippen molar-refractivity contribution in [2.75, 3.05) is 33.3 Å². The zero-order valence-electron chi connectivity index (χ0n) is 14.1. The number of alkyl halides is 3. The van der Waals surface area contributed by atoms with Crippen LogP contribution in [0.5, 0.6) is 5.75 Å². The third-order valence-electron chi connectivity index (χ3n) is 4.16. The van der Waals surface area contributed by atoms with Gasteiger partial charge in [-0.15, -0.1) is 31.4 Å². The minimum atomic E-state index is -4.40. The fourth-order valence-corrected chi connectivity index (χ4v) is 3.00. The number of rotatable bonds is 6. The Hall–Kier alpha value is -0.950. The Bertz CT molecular complexity index is 535. The number of hydrogen-bond acceptors (Lipinski definition) is 3. The lowest BCUT2D eigenvalue weighted by Gasteiger charge is -2.36. The van der Waals surface area contributed by atoms with Gasteiger partial charge in [0.2, 0.25) is 0 Å². The Morgan fingerprint density at radius 1 is 1.28 bits per heavy atom. The topological polar surface area (TPSA) is 24.5 Å². The number of methoxy groups -OCH3 is 1. The van der Waals surface area contributed by atoms with Crippen LogP contribution in [0.15, 0.2) is 30.9 Å². The fourth-order valence-electron chi connectivity index (χ4n) is 3.00. The zero-order chi connectivity index (χ0) is 16.9. The zero-order valence-corrected chi connectivity index (χ0v) is 15.8. The first kappa shape index (κ1) is 24.1. The van der Waals surface area contributed by atoms with Crippen molar-refractivity contribution in [1.82, 2.24) is 10.2 Å². The predicted molar refractivity (Wildman–Crippen MR) is 99.1 cm³/mol. The Morgan fingerprint density at radius 3 is 2.44 bits per heavy atom. The minimum Gasteiger partial charge on any atom is -0.497 e. The molecule has 0 saturated carbocycles. The molecule has 144 valence electrons. The molecule has 0 amide bonds. The summed E-state index contributed by atoms with van der Waals surface area (Å²) < 4.78 is 45.5. The molecule has 1 aliphatic heterocycles. The van der Waals surface area contributed by atoms with Crippen molar-refractivity contribution in [2.24, 2.45) is 0 Å². The van der Waals surface area contributed by atoms with Crippen LogP contribution in [0.1, 0.15) is 30.0 Å². The van der Waals surface area contributed by atoms with E-state index in [-0.39, 0.29) is 36.6 Å². The maximum atomic E-state index is 13.5. The third-order valence-corrected chi connectivity index (χ3v) is 4.16. The summed E-state index contributed by atoms with van der Waals surface area (Å²) in [7, 11) is 1.38. The molecule has 1 heterocycles. The average Bonchev–Trinajstić information content (AvgIpc) is 2.55. The summed E-state index contributed by atoms with van der Waals surface area (Å²) in [5.74, 6) is 0.226. The van der Waals surface area contributed by atoms with Crippen molar-refractivity contribution >= 4 is 24.8 Å². The normalized spacial score (nSPS) is 16.3. The summed E-state index contributed by atoms with van der Waals surface area (Å²) >= 11 is 0. The largest absolute Gasteiger partial charge is 0.497 e. The second-order valence-electron chi connectivity index (χ2n) is 5.62. The van der Waals surface area contributed by atoms with Gasteiger partial charge in [-0.05, 0) is 30.5 Å². The van der Waals surface area contributed by atoms with Gasteiger partial charge in [-0.3, -0.25) is 4.90 Å². The molecule has 1 fully saturated rings. The molecule has 3 nitrogen and oxygen atoms in total. The highest BCUT2D eigenvalue weighted by Crippen LogP contribution is 2.40. The van der Waals surface area contributed by atoms with Crippen molar-refractivity contribution in [2.45, 2.75) is 25.1 Å². The maximum Gasteiger partial charge on any atom is 0.416 e. The number of halogens is 5. The number of piperazine rings is 1. The fraction of sp³-hybridized carbons (Fsp3) is 0.529. The Labute approximate surface area is 159 Å². The van der Waals surface area contributed by atoms with Gasteiger partial charge in [0.05, 0.1) is 12.7 Å². The van der Waals surface area contributed by atoms with Gasteiger partial charge in [0.15, 0.2) is 0 Å². The van der Waals surface area contributed by atoms with Crippen LogP contribution in [-0.2, 0) is 6.18 Å². The summed E-state index contributed by atoms with van der Waals surface area (Å²) in [6.07, 6.45) is -1.34. The van der Waals surface area contributed by atoms with E-state index in [1.54, 1.807) is 18.2 Å². The first-order valence-corrected chi connectivity index (χ1v) is 7.78. The molecule has 25 heavy (non-hydrogen) atoms. The molecular weight excluding hydrogens is 376 g/mol. The maximum absolute atomic E-state index is 13.5. The van der Waals surface area contributed by atoms with E-state index in [1.165, 1.54) is 7.11 Å². The van der Waals surface area contributed by atoms with Gasteiger partial charge >= 0.3 is 6.18 Å². The summed E-state index contributed by atoms with van der Waals surface area (Å²) in [6, 6.07) is 3.99. The number of ether oxygens (including phenoxy) is 1. The van der Waals surface area contributed by atoms with E-state index in [4.69, 9.17) is 4.74 Å². The van der Waals surface area contributed by atoms with E-state index < -0.39 is 11.7 Å². The van der Waals surface area contributed by atoms with Gasteiger partial charge in [-0.25, -0.2) is 0 Å². The van der Waals surface area contributed by atoms with Crippen molar-refractivity contribution < 1.29 is 17.9 Å². The van der Waals surface area contributed by atoms with Crippen molar-refractivity contribution in [3.63, 3.8) is 0 Å². The van der Waals surface area contributed by atoms with Crippen molar-refractivity contribution in [3.05, 3.63) is 42.0 Å². The molecule has 0 spiro atoms. The van der Waals surface area contributed by atoms with Gasteiger partial charge < -0.3 is 10.1 Å². The van der Waals surface area contributed by atoms with Crippen molar-refractivity contribution in [3.8, 4) is 5.75 Å². The molecule has 2 rings (SSSR count). The summed E-state index contributed by atoms with van der Waals surface area (Å²) in [6.45, 7) is 6.77. The summed E-state index contributed by atoms with van der Waals surface area (Å²) in [5.41, 5.74) is -0.286. The van der Waals surface area contributed by atoms with Crippen LogP contribution < -0.4 is 10.1 Å². The van der Waals surface area contributed by atoms with Gasteiger partial charge in [0.1, 0.15) is 5.75 Å². The number of nitrogens with zero attached hydrogens (tertiary/aromatic N) is 1. The molecule has 1 saturated heterocycles. The quantitative estimate of drug-likeness (QED) is 0.712. The van der Waals surface area contributed by atoms with Crippen LogP contribution in [-0.4, -0.2) is 38.2 Å². The van der Waals surface area contributed by atoms with Crippen LogP contribution in [0.2, 0.25) is 0 Å². The monoisotopic (exact) mass is 400 g/mol. The number of nitrogens with one attached hydrogen (secondary N) is 1. The Balaban J connectivity index is 0.00000288. The second-order valence-corrected chi connectivity index (χ2v) is 5.62. The van der Waals surface area contributed by atoms with Crippen molar-refractivity contribution in [1.29, 1.82) is 0 Å². The molecule has 1 atom stereocenters. The molecule has 1 aromatic carbocycles. The average molecular weight is 401 g/mol. The van der Waals surface area contributed by atoms with Crippen LogP contribution in [0.4, 0.5) is 13.2 Å². The van der Waals surface area contributed by atoms with Crippen LogP contribution in [0.25, 0.3) is 0 Å². The standard InChI is InChI=1S/C17H23F3N2O.2ClH/c1-3-4-5-16(22-10-8-21-9-11-22)14-7-6-13(23-2)12-15(14)17(18,19)20;;/h3,6-7,12,16,21H,1,4-5,8-11H2,2H3;2*1H/t16-;;/m1../s1. The number of benzene rings is 1. The molecule has 1 aliphatic rings. The molecular formula is C17H25Cl2F3N2O. The number of hydrogen-bond donors (Lipinski definition) is 1. The smallest absolute Gasteiger partial charge is 0.416 e. The second kappa shape index (κ2) is 10.9. The highest BCUT2D eigenvalue weighted by Gasteiger charge is 2.37. The van der Waals surface area contributed by atoms with Crippen LogP contribution in [0.3, 0.4) is 0 Å². The van der Waals surface area contributed by atoms with E-state index in [2.05, 4.69) is 16.8 Å². The lowest BCUT2D eigenvalue weighted by molar-refractivity contribution is -0.139. The van der Waals surface area contributed by atoms with E-state index >= 15 is 0 Å². The Kier molecular flexibility index (Phi) is 10.5. The molecule has 0 bridgehead atoms. The van der Waals surface area contributed by atoms with Gasteiger partial charge in [-0.2, -0.15) is 13.2 Å². The third kappa shape index (κ3) is 6.37. The van der Waals surface area contributed by atoms with Gasteiger partial charge in [-0.1, -0.05) is 12.1 Å². The lowest BCUT2D eigenvalue weighted by atomic mass is 9.94. The first-order valence-electron chi connectivity index (χ1n) is 7.78. The molecule has 1 aromatic rings. The van der Waals surface area contributed by atoms with Gasteiger partial charge in [0, 0.05) is 32.2 Å². The van der Waals surface area contributed by atoms with E-state index in [1.807, 2.05) is 0 Å². The molecule has 8 heteroatoms. The minimum absolute atomic E-state index is 0. The SMILES string of the molecule is C=CCC[C@H](c1ccc(OC)cc1C(F)(F)F)N1CCNCC1.Cl.Cl. The molecule has 0 aromatic heterocycles. The number of allylic oxidation sites excluding steroid dienone is 1. The molecule has 0 unspecified atom stereocenters. The molecule has 0 radical (unpaired) electrons. The molecule has 1 N–H and O–H groups in total. The molecule has 0 aliphatic carbocycles. The van der Waals surface area contributed by atoms with E-state index in [0.717, 1.165) is 32.2 Å². The van der Waals surface area contributed by atoms with Gasteiger partial charge in [0.25, 0.3) is 0 Å². The highest BCUT2D eigenvalue weighted by atomic mass is 35.5. The highest BCUT2D eigenvalue weighted by molar-refractivity contribution is 5.85. The lowest BCUT2D eigenvalue weighted by Crippen LogP contribution is -2.45. The summed E-state index contributed by atoms with van der Waals surface area (Å²) in [5, 5.41) is 3.24. The van der Waals surface area contributed by atoms with Crippen LogP contribution >= 0.6 is 24.8 Å². The summed E-state index contributed by atoms with van der Waals surface area (Å²) in [4.78, 5) is 2.12. The van der Waals surface area contributed by atoms with E-state index in [0.29, 0.717) is 18.4 Å². The van der Waals surface area contributed by atoms with E-state index in [9.17, 15) is 13.2 Å². The predicted octanol–water partition coefficient (Wildman–Crippen LogP) is 4.47.